The summed E-state index contributed by atoms with van der Waals surface area (Å²) >= 11 is 0. The maximum Gasteiger partial charge on any atom is 0.263 e. The van der Waals surface area contributed by atoms with Gasteiger partial charge in [0.15, 0.2) is 0 Å². The second-order valence-electron chi connectivity index (χ2n) is 2.78. The predicted octanol–water partition coefficient (Wildman–Crippen LogP) is -2.47. The Kier molecular flexibility index (Phi) is 4.44. The van der Waals surface area contributed by atoms with Gasteiger partial charge in [-0.05, 0) is 12.3 Å². The van der Waals surface area contributed by atoms with Gasteiger partial charge in [0.05, 0.1) is 6.54 Å². The molecule has 1 amide bonds. The fraction of sp³-hybridized carbons (Fsp3) is 0.667. The molecular weight excluding hydrogens is 200 g/mol. The lowest BCUT2D eigenvalue weighted by atomic mass is 10.5. The van der Waals surface area contributed by atoms with Crippen molar-refractivity contribution >= 4 is 11.9 Å². The highest BCUT2D eigenvalue weighted by Crippen LogP contribution is 1.89. The monoisotopic (exact) mass is 214 g/mol. The molecule has 5 N–H and O–H groups in total. The molecule has 0 aliphatic rings. The van der Waals surface area contributed by atoms with E-state index >= 15 is 0 Å². The van der Waals surface area contributed by atoms with E-state index < -0.39 is 0 Å². The number of likely N-dealkylation sites (N-methyl/N-ethyl adjacent to an activating group) is 1. The topological polar surface area (TPSA) is 125 Å². The van der Waals surface area contributed by atoms with E-state index in [0.29, 0.717) is 13.1 Å². The van der Waals surface area contributed by atoms with Crippen LogP contribution in [0.3, 0.4) is 0 Å². The van der Waals surface area contributed by atoms with Gasteiger partial charge >= 0.3 is 0 Å². The van der Waals surface area contributed by atoms with E-state index in [-0.39, 0.29) is 18.4 Å². The highest BCUT2D eigenvalue weighted by molar-refractivity contribution is 5.79. The number of nitrogens with two attached hydrogens (primary N) is 1. The first-order valence-electron chi connectivity index (χ1n) is 4.41. The van der Waals surface area contributed by atoms with E-state index in [1.165, 1.54) is 0 Å². The number of nitrogens with zero attached hydrogens (tertiary/aromatic N) is 4. The van der Waals surface area contributed by atoms with Crippen LogP contribution in [-0.2, 0) is 4.79 Å². The van der Waals surface area contributed by atoms with Crippen molar-refractivity contribution in [1.29, 1.82) is 0 Å². The zero-order valence-electron chi connectivity index (χ0n) is 8.40. The molecule has 0 saturated heterocycles. The summed E-state index contributed by atoms with van der Waals surface area (Å²) < 4.78 is 0. The molecule has 0 aromatic carbocycles. The van der Waals surface area contributed by atoms with E-state index in [1.54, 1.807) is 7.05 Å². The number of carbonyl (C=O) groups is 1. The van der Waals surface area contributed by atoms with Crippen LogP contribution in [0, 0.1) is 0 Å². The zero-order chi connectivity index (χ0) is 11.1. The molecule has 9 heteroatoms. The minimum Gasteiger partial charge on any atom is -0.342 e. The maximum atomic E-state index is 11.4. The minimum atomic E-state index is -0.241. The number of hydrazine groups is 1. The van der Waals surface area contributed by atoms with Crippen molar-refractivity contribution in [3.8, 4) is 0 Å². The Morgan fingerprint density at radius 3 is 3.07 bits per heavy atom. The van der Waals surface area contributed by atoms with Crippen molar-refractivity contribution in [2.45, 2.75) is 0 Å². The number of aromatic amines is 1. The molecule has 0 spiro atoms. The molecular formula is C6H14N8O. The van der Waals surface area contributed by atoms with Crippen molar-refractivity contribution < 1.29 is 4.79 Å². The van der Waals surface area contributed by atoms with Gasteiger partial charge in [0.25, 0.3) is 11.9 Å². The number of carbonyl (C=O) groups excluding carboxylic acids is 1. The minimum absolute atomic E-state index is 0.0414. The van der Waals surface area contributed by atoms with E-state index in [2.05, 4.69) is 31.3 Å². The number of aromatic nitrogens is 4. The van der Waals surface area contributed by atoms with E-state index in [1.807, 2.05) is 0 Å². The van der Waals surface area contributed by atoms with Gasteiger partial charge in [-0.2, -0.15) is 5.21 Å². The van der Waals surface area contributed by atoms with E-state index in [9.17, 15) is 4.79 Å². The molecule has 0 bridgehead atoms. The third-order valence-corrected chi connectivity index (χ3v) is 1.67. The third-order valence-electron chi connectivity index (χ3n) is 1.67. The zero-order valence-corrected chi connectivity index (χ0v) is 8.40. The molecule has 1 rings (SSSR count). The van der Waals surface area contributed by atoms with Gasteiger partial charge in [-0.3, -0.25) is 9.80 Å². The molecule has 15 heavy (non-hydrogen) atoms. The van der Waals surface area contributed by atoms with Crippen molar-refractivity contribution in [2.75, 3.05) is 32.0 Å². The van der Waals surface area contributed by atoms with Crippen LogP contribution < -0.4 is 16.5 Å². The largest absolute Gasteiger partial charge is 0.342 e. The second-order valence-corrected chi connectivity index (χ2v) is 2.78. The Hall–Kier alpha value is -1.74. The van der Waals surface area contributed by atoms with Crippen LogP contribution in [-0.4, -0.2) is 58.2 Å². The summed E-state index contributed by atoms with van der Waals surface area (Å²) in [5.41, 5.74) is 0. The molecule has 0 unspecified atom stereocenters. The highest BCUT2D eigenvalue weighted by atomic mass is 16.2. The van der Waals surface area contributed by atoms with Crippen LogP contribution in [0.1, 0.15) is 0 Å². The van der Waals surface area contributed by atoms with E-state index in [4.69, 9.17) is 5.84 Å². The SMILES string of the molecule is CNCCN(N)C(=O)CNc1nn[nH]n1. The summed E-state index contributed by atoms with van der Waals surface area (Å²) in [5.74, 6) is 5.51. The summed E-state index contributed by atoms with van der Waals surface area (Å²) in [7, 11) is 1.79. The molecule has 0 radical (unpaired) electrons. The highest BCUT2D eigenvalue weighted by Gasteiger charge is 2.09. The lowest BCUT2D eigenvalue weighted by Gasteiger charge is -2.15. The Labute approximate surface area is 86.4 Å². The summed E-state index contributed by atoms with van der Waals surface area (Å²) in [6.07, 6.45) is 0. The van der Waals surface area contributed by atoms with Gasteiger partial charge in [-0.1, -0.05) is 5.10 Å². The lowest BCUT2D eigenvalue weighted by Crippen LogP contribution is -2.44. The number of H-pyrrole nitrogens is 1. The van der Waals surface area contributed by atoms with Gasteiger partial charge in [-0.25, -0.2) is 5.84 Å². The fourth-order valence-corrected chi connectivity index (χ4v) is 0.850. The normalized spacial score (nSPS) is 10.0. The van der Waals surface area contributed by atoms with Gasteiger partial charge in [-0.15, -0.1) is 5.10 Å². The van der Waals surface area contributed by atoms with E-state index in [0.717, 1.165) is 5.01 Å². The second kappa shape index (κ2) is 5.88. The number of nitrogens with one attached hydrogen (secondary N) is 3. The quantitative estimate of drug-likeness (QED) is 0.235. The van der Waals surface area contributed by atoms with Crippen molar-refractivity contribution in [3.05, 3.63) is 0 Å². The number of hydrogen-bond acceptors (Lipinski definition) is 7. The molecule has 1 aromatic heterocycles. The third kappa shape index (κ3) is 3.87. The molecule has 0 aliphatic heterocycles. The molecule has 0 saturated carbocycles. The first-order valence-corrected chi connectivity index (χ1v) is 4.41. The molecule has 9 nitrogen and oxygen atoms in total. The molecule has 0 fully saturated rings. The summed E-state index contributed by atoms with van der Waals surface area (Å²) in [6, 6.07) is 0. The van der Waals surface area contributed by atoms with Gasteiger partial charge in [0, 0.05) is 13.1 Å². The number of amides is 1. The standard InChI is InChI=1S/C6H14N8O/c1-8-2-3-14(7)5(15)4-9-6-10-12-13-11-6/h8H,2-4,7H2,1H3,(H2,9,10,11,12,13). The Morgan fingerprint density at radius 1 is 1.67 bits per heavy atom. The maximum absolute atomic E-state index is 11.4. The summed E-state index contributed by atoms with van der Waals surface area (Å²) in [6.45, 7) is 1.13. The molecule has 0 aliphatic carbocycles. The van der Waals surface area contributed by atoms with Crippen LogP contribution in [0.2, 0.25) is 0 Å². The molecule has 1 heterocycles. The van der Waals surface area contributed by atoms with Crippen LogP contribution in [0.15, 0.2) is 0 Å². The molecule has 84 valence electrons. The number of rotatable bonds is 6. The lowest BCUT2D eigenvalue weighted by molar-refractivity contribution is -0.129. The van der Waals surface area contributed by atoms with Crippen molar-refractivity contribution in [3.63, 3.8) is 0 Å². The van der Waals surface area contributed by atoms with Crippen LogP contribution in [0.25, 0.3) is 0 Å². The fourth-order valence-electron chi connectivity index (χ4n) is 0.850. The van der Waals surface area contributed by atoms with Crippen molar-refractivity contribution in [1.82, 2.24) is 30.9 Å². The smallest absolute Gasteiger partial charge is 0.263 e. The Morgan fingerprint density at radius 2 is 2.47 bits per heavy atom. The summed E-state index contributed by atoms with van der Waals surface area (Å²) in [5, 5.41) is 19.5. The van der Waals surface area contributed by atoms with Gasteiger partial charge in [0.1, 0.15) is 0 Å². The first-order chi connectivity index (χ1) is 7.24. The van der Waals surface area contributed by atoms with Crippen molar-refractivity contribution in [2.24, 2.45) is 5.84 Å². The van der Waals surface area contributed by atoms with Gasteiger partial charge < -0.3 is 10.6 Å². The Balaban J connectivity index is 2.23. The average molecular weight is 214 g/mol. The number of anilines is 1. The average Bonchev–Trinajstić information content (AvgIpc) is 2.75. The number of tetrazole rings is 1. The Bertz CT molecular complexity index is 285. The van der Waals surface area contributed by atoms with Crippen LogP contribution in [0.4, 0.5) is 5.95 Å². The first kappa shape index (κ1) is 11.3. The molecule has 0 atom stereocenters. The van der Waals surface area contributed by atoms with Crippen LogP contribution in [0.5, 0.6) is 0 Å². The number of hydrogen-bond donors (Lipinski definition) is 4. The molecule has 1 aromatic rings. The van der Waals surface area contributed by atoms with Crippen LogP contribution >= 0.6 is 0 Å². The predicted molar refractivity (Wildman–Crippen MR) is 52.5 cm³/mol. The van der Waals surface area contributed by atoms with Gasteiger partial charge in [0.2, 0.25) is 0 Å². The summed E-state index contributed by atoms with van der Waals surface area (Å²) in [4.78, 5) is 11.4.